The standard InChI is InChI=1S/C27H26N2O7/c1-33-22-11-7-9-20(13-12-18-16-23(34-2)27(36-4)24(17-18)35-3)26(22)28-25(30)15-14-19-8-5-6-10-21(19)29(31)32/h5-17H,1-4H3,(H,28,30)/b13-12?,15-14+. The summed E-state index contributed by atoms with van der Waals surface area (Å²) in [5.74, 6) is 1.48. The lowest BCUT2D eigenvalue weighted by molar-refractivity contribution is -0.385. The number of hydrogen-bond donors (Lipinski definition) is 1. The third kappa shape index (κ3) is 6.01. The molecule has 3 rings (SSSR count). The van der Waals surface area contributed by atoms with Crippen molar-refractivity contribution < 1.29 is 28.7 Å². The van der Waals surface area contributed by atoms with E-state index in [2.05, 4.69) is 5.32 Å². The fourth-order valence-corrected chi connectivity index (χ4v) is 3.50. The van der Waals surface area contributed by atoms with Crippen molar-refractivity contribution in [2.24, 2.45) is 0 Å². The molecule has 1 amide bonds. The molecule has 0 spiro atoms. The molecule has 1 N–H and O–H groups in total. The quantitative estimate of drug-likeness (QED) is 0.174. The number of carbonyl (C=O) groups excluding carboxylic acids is 1. The van der Waals surface area contributed by atoms with Gasteiger partial charge in [0.05, 0.1) is 44.6 Å². The van der Waals surface area contributed by atoms with Crippen LogP contribution in [0.5, 0.6) is 23.0 Å². The highest BCUT2D eigenvalue weighted by Gasteiger charge is 2.14. The van der Waals surface area contributed by atoms with Crippen LogP contribution in [0.4, 0.5) is 11.4 Å². The molecule has 36 heavy (non-hydrogen) atoms. The number of hydrogen-bond acceptors (Lipinski definition) is 7. The van der Waals surface area contributed by atoms with Gasteiger partial charge in [0.2, 0.25) is 11.7 Å². The van der Waals surface area contributed by atoms with Crippen LogP contribution in [-0.2, 0) is 4.79 Å². The number of benzene rings is 3. The van der Waals surface area contributed by atoms with E-state index in [0.29, 0.717) is 39.8 Å². The first kappa shape index (κ1) is 25.8. The number of nitro groups is 1. The fraction of sp³-hybridized carbons (Fsp3) is 0.148. The molecule has 9 nitrogen and oxygen atoms in total. The van der Waals surface area contributed by atoms with E-state index in [1.54, 1.807) is 42.5 Å². The number of para-hydroxylation sites is 2. The van der Waals surface area contributed by atoms with E-state index < -0.39 is 10.8 Å². The Morgan fingerprint density at radius 2 is 1.44 bits per heavy atom. The molecule has 186 valence electrons. The molecule has 0 atom stereocenters. The van der Waals surface area contributed by atoms with E-state index in [9.17, 15) is 14.9 Å². The van der Waals surface area contributed by atoms with Crippen molar-refractivity contribution in [2.45, 2.75) is 0 Å². The SMILES string of the molecule is COc1cccc(C=Cc2cc(OC)c(OC)c(OC)c2)c1NC(=O)/C=C/c1ccccc1[N+](=O)[O-]. The second kappa shape index (κ2) is 12.1. The van der Waals surface area contributed by atoms with Gasteiger partial charge in [-0.15, -0.1) is 0 Å². The van der Waals surface area contributed by atoms with E-state index in [1.165, 1.54) is 46.7 Å². The summed E-state index contributed by atoms with van der Waals surface area (Å²) >= 11 is 0. The van der Waals surface area contributed by atoms with E-state index in [4.69, 9.17) is 18.9 Å². The Balaban J connectivity index is 1.91. The van der Waals surface area contributed by atoms with Gasteiger partial charge < -0.3 is 24.3 Å². The monoisotopic (exact) mass is 490 g/mol. The Morgan fingerprint density at radius 1 is 0.806 bits per heavy atom. The molecule has 9 heteroatoms. The molecule has 3 aromatic carbocycles. The number of carbonyl (C=O) groups is 1. The van der Waals surface area contributed by atoms with Crippen molar-refractivity contribution in [2.75, 3.05) is 33.8 Å². The van der Waals surface area contributed by atoms with Gasteiger partial charge in [0.15, 0.2) is 11.5 Å². The van der Waals surface area contributed by atoms with Crippen LogP contribution in [0.2, 0.25) is 0 Å². The number of ether oxygens (including phenoxy) is 4. The summed E-state index contributed by atoms with van der Waals surface area (Å²) in [5.41, 5.74) is 2.13. The number of amides is 1. The lowest BCUT2D eigenvalue weighted by Crippen LogP contribution is -2.10. The maximum atomic E-state index is 12.7. The summed E-state index contributed by atoms with van der Waals surface area (Å²) in [4.78, 5) is 23.4. The number of nitrogens with one attached hydrogen (secondary N) is 1. The molecule has 0 unspecified atom stereocenters. The maximum absolute atomic E-state index is 12.7. The van der Waals surface area contributed by atoms with Gasteiger partial charge in [-0.1, -0.05) is 36.4 Å². The van der Waals surface area contributed by atoms with Crippen molar-refractivity contribution in [3.8, 4) is 23.0 Å². The summed E-state index contributed by atoms with van der Waals surface area (Å²) in [7, 11) is 6.11. The number of methoxy groups -OCH3 is 4. The van der Waals surface area contributed by atoms with Crippen molar-refractivity contribution in [3.63, 3.8) is 0 Å². The maximum Gasteiger partial charge on any atom is 0.276 e. The summed E-state index contributed by atoms with van der Waals surface area (Å²) in [6, 6.07) is 15.1. The van der Waals surface area contributed by atoms with Crippen LogP contribution in [0.1, 0.15) is 16.7 Å². The summed E-state index contributed by atoms with van der Waals surface area (Å²) < 4.78 is 21.6. The summed E-state index contributed by atoms with van der Waals surface area (Å²) in [6.07, 6.45) is 6.28. The minimum atomic E-state index is -0.496. The van der Waals surface area contributed by atoms with Crippen molar-refractivity contribution >= 4 is 35.5 Å². The minimum absolute atomic E-state index is 0.0900. The zero-order chi connectivity index (χ0) is 26.1. The van der Waals surface area contributed by atoms with Crippen LogP contribution in [0.15, 0.2) is 60.7 Å². The Morgan fingerprint density at radius 3 is 2.06 bits per heavy atom. The largest absolute Gasteiger partial charge is 0.495 e. The Labute approximate surface area is 208 Å². The summed E-state index contributed by atoms with van der Waals surface area (Å²) in [6.45, 7) is 0. The van der Waals surface area contributed by atoms with Crippen LogP contribution in [0, 0.1) is 10.1 Å². The molecule has 0 heterocycles. The zero-order valence-electron chi connectivity index (χ0n) is 20.3. The summed E-state index contributed by atoms with van der Waals surface area (Å²) in [5, 5.41) is 14.0. The molecule has 0 aromatic heterocycles. The predicted octanol–water partition coefficient (Wildman–Crippen LogP) is 5.45. The van der Waals surface area contributed by atoms with Gasteiger partial charge in [0.1, 0.15) is 5.75 Å². The predicted molar refractivity (Wildman–Crippen MR) is 139 cm³/mol. The molecular formula is C27H26N2O7. The van der Waals surface area contributed by atoms with Gasteiger partial charge in [-0.3, -0.25) is 14.9 Å². The van der Waals surface area contributed by atoms with Gasteiger partial charge in [0, 0.05) is 17.7 Å². The van der Waals surface area contributed by atoms with Gasteiger partial charge >= 0.3 is 0 Å². The Kier molecular flexibility index (Phi) is 8.66. The molecule has 0 radical (unpaired) electrons. The number of rotatable bonds is 10. The van der Waals surface area contributed by atoms with Gasteiger partial charge in [-0.25, -0.2) is 0 Å². The molecule has 0 aliphatic carbocycles. The first-order chi connectivity index (χ1) is 17.4. The number of anilines is 1. The number of nitrogens with zero attached hydrogens (tertiary/aromatic N) is 1. The van der Waals surface area contributed by atoms with Crippen LogP contribution in [0.25, 0.3) is 18.2 Å². The molecular weight excluding hydrogens is 464 g/mol. The molecule has 0 aliphatic rings. The van der Waals surface area contributed by atoms with Crippen molar-refractivity contribution in [1.29, 1.82) is 0 Å². The van der Waals surface area contributed by atoms with E-state index >= 15 is 0 Å². The van der Waals surface area contributed by atoms with Gasteiger partial charge in [0.25, 0.3) is 5.69 Å². The molecule has 0 fully saturated rings. The first-order valence-corrected chi connectivity index (χ1v) is 10.8. The van der Waals surface area contributed by atoms with Gasteiger partial charge in [-0.2, -0.15) is 0 Å². The second-order valence-corrected chi connectivity index (χ2v) is 7.36. The van der Waals surface area contributed by atoms with Crippen LogP contribution in [-0.4, -0.2) is 39.3 Å². The third-order valence-electron chi connectivity index (χ3n) is 5.22. The van der Waals surface area contributed by atoms with Crippen LogP contribution in [0.3, 0.4) is 0 Å². The van der Waals surface area contributed by atoms with Crippen molar-refractivity contribution in [1.82, 2.24) is 0 Å². The van der Waals surface area contributed by atoms with Gasteiger partial charge in [-0.05, 0) is 35.9 Å². The highest BCUT2D eigenvalue weighted by atomic mass is 16.6. The Bertz CT molecular complexity index is 1290. The lowest BCUT2D eigenvalue weighted by Gasteiger charge is -2.13. The Hall–Kier alpha value is -4.79. The molecule has 0 bridgehead atoms. The highest BCUT2D eigenvalue weighted by molar-refractivity contribution is 6.04. The van der Waals surface area contributed by atoms with E-state index in [-0.39, 0.29) is 5.69 Å². The van der Waals surface area contributed by atoms with Crippen molar-refractivity contribution in [3.05, 3.63) is 87.5 Å². The molecule has 0 saturated carbocycles. The molecule has 0 saturated heterocycles. The highest BCUT2D eigenvalue weighted by Crippen LogP contribution is 2.39. The lowest BCUT2D eigenvalue weighted by atomic mass is 10.1. The average Bonchev–Trinajstić information content (AvgIpc) is 2.90. The first-order valence-electron chi connectivity index (χ1n) is 10.8. The molecule has 3 aromatic rings. The second-order valence-electron chi connectivity index (χ2n) is 7.36. The van der Waals surface area contributed by atoms with Crippen LogP contribution < -0.4 is 24.3 Å². The average molecular weight is 491 g/mol. The minimum Gasteiger partial charge on any atom is -0.495 e. The van der Waals surface area contributed by atoms with E-state index in [1.807, 2.05) is 18.2 Å². The fourth-order valence-electron chi connectivity index (χ4n) is 3.50. The topological polar surface area (TPSA) is 109 Å². The normalized spacial score (nSPS) is 10.9. The van der Waals surface area contributed by atoms with E-state index in [0.717, 1.165) is 5.56 Å². The molecule has 0 aliphatic heterocycles. The third-order valence-corrected chi connectivity index (χ3v) is 5.22. The van der Waals surface area contributed by atoms with Crippen LogP contribution >= 0.6 is 0 Å². The number of nitro benzene ring substituents is 1. The smallest absolute Gasteiger partial charge is 0.276 e. The zero-order valence-corrected chi connectivity index (χ0v) is 20.3.